The number of aromatic nitrogens is 1. The number of nitrogens with zero attached hydrogens (tertiary/aromatic N) is 3. The third-order valence-electron chi connectivity index (χ3n) is 5.16. The molecule has 0 radical (unpaired) electrons. The van der Waals surface area contributed by atoms with E-state index in [2.05, 4.69) is 4.98 Å². The van der Waals surface area contributed by atoms with Crippen molar-refractivity contribution in [2.24, 2.45) is 0 Å². The fourth-order valence-electron chi connectivity index (χ4n) is 3.67. The van der Waals surface area contributed by atoms with Crippen molar-refractivity contribution in [1.82, 2.24) is 4.98 Å². The molecule has 32 heavy (non-hydrogen) atoms. The van der Waals surface area contributed by atoms with Gasteiger partial charge in [-0.15, -0.1) is 0 Å². The number of ether oxygens (including phenoxy) is 1. The molecule has 5 rings (SSSR count). The highest BCUT2D eigenvalue weighted by Gasteiger charge is 2.32. The molecule has 0 fully saturated rings. The monoisotopic (exact) mass is 419 g/mol. The van der Waals surface area contributed by atoms with Crippen molar-refractivity contribution in [3.05, 3.63) is 82.6 Å². The standard InChI is InChI=1S/C25H13N3O4/c1-30-16-8-6-14(7-9-16)24-28-25-21(32-24)11-17(31-25)10-20-22(15(12-26)13-27)18-4-2-3-5-19(18)23(20)29/h2-11H,1H3/b20-10-. The number of rotatable bonds is 3. The Morgan fingerprint density at radius 1 is 1.03 bits per heavy atom. The van der Waals surface area contributed by atoms with Crippen molar-refractivity contribution in [2.75, 3.05) is 7.11 Å². The zero-order valence-electron chi connectivity index (χ0n) is 16.7. The number of methoxy groups -OCH3 is 1. The number of carbonyl (C=O) groups excluding carboxylic acids is 1. The van der Waals surface area contributed by atoms with Gasteiger partial charge in [-0.25, -0.2) is 0 Å². The van der Waals surface area contributed by atoms with Crippen LogP contribution in [0.3, 0.4) is 0 Å². The summed E-state index contributed by atoms with van der Waals surface area (Å²) in [5.74, 6) is 1.16. The van der Waals surface area contributed by atoms with E-state index in [1.54, 1.807) is 49.6 Å². The number of allylic oxidation sites excluding steroid dienone is 3. The van der Waals surface area contributed by atoms with Crippen LogP contribution in [0.2, 0.25) is 0 Å². The molecule has 4 aromatic rings. The lowest BCUT2D eigenvalue weighted by molar-refractivity contribution is 0.104. The van der Waals surface area contributed by atoms with Crippen LogP contribution in [0.25, 0.3) is 34.4 Å². The molecule has 0 amide bonds. The van der Waals surface area contributed by atoms with Crippen LogP contribution < -0.4 is 4.74 Å². The molecule has 7 heteroatoms. The lowest BCUT2D eigenvalue weighted by Crippen LogP contribution is -1.95. The molecule has 0 unspecified atom stereocenters. The van der Waals surface area contributed by atoms with Gasteiger partial charge >= 0.3 is 0 Å². The molecule has 0 atom stereocenters. The number of hydrogen-bond acceptors (Lipinski definition) is 7. The fourth-order valence-corrected chi connectivity index (χ4v) is 3.67. The van der Waals surface area contributed by atoms with Crippen molar-refractivity contribution < 1.29 is 18.4 Å². The van der Waals surface area contributed by atoms with Gasteiger partial charge in [0.25, 0.3) is 5.71 Å². The average Bonchev–Trinajstić information content (AvgIpc) is 3.47. The predicted octanol–water partition coefficient (Wildman–Crippen LogP) is 5.18. The summed E-state index contributed by atoms with van der Waals surface area (Å²) in [6.45, 7) is 0. The third kappa shape index (κ3) is 2.97. The van der Waals surface area contributed by atoms with Crippen molar-refractivity contribution in [3.63, 3.8) is 0 Å². The van der Waals surface area contributed by atoms with Crippen molar-refractivity contribution in [3.8, 4) is 29.3 Å². The summed E-state index contributed by atoms with van der Waals surface area (Å²) in [6.07, 6.45) is 1.51. The molecule has 1 aliphatic carbocycles. The maximum atomic E-state index is 13.0. The van der Waals surface area contributed by atoms with Crippen molar-refractivity contribution >= 4 is 28.7 Å². The molecule has 0 saturated carbocycles. The quantitative estimate of drug-likeness (QED) is 0.332. The SMILES string of the molecule is COc1ccc(-c2nc3oc(/C=C4\C(=O)c5ccccc5C4=C(C#N)C#N)cc3o2)cc1. The zero-order valence-corrected chi connectivity index (χ0v) is 16.7. The first-order valence-electron chi connectivity index (χ1n) is 9.58. The Morgan fingerprint density at radius 2 is 1.75 bits per heavy atom. The average molecular weight is 419 g/mol. The van der Waals surface area contributed by atoms with Crippen molar-refractivity contribution in [2.45, 2.75) is 0 Å². The number of furan rings is 1. The number of ketones is 1. The minimum Gasteiger partial charge on any atom is -0.497 e. The zero-order chi connectivity index (χ0) is 22.2. The van der Waals surface area contributed by atoms with Gasteiger partial charge in [0.1, 0.15) is 29.2 Å². The molecule has 1 aliphatic rings. The van der Waals surface area contributed by atoms with E-state index < -0.39 is 0 Å². The maximum Gasteiger partial charge on any atom is 0.266 e. The molecule has 0 saturated heterocycles. The molecule has 2 aromatic heterocycles. The van der Waals surface area contributed by atoms with E-state index in [9.17, 15) is 15.3 Å². The first-order chi connectivity index (χ1) is 15.6. The van der Waals surface area contributed by atoms with Crippen LogP contribution in [-0.4, -0.2) is 17.9 Å². The van der Waals surface area contributed by atoms with E-state index in [0.717, 1.165) is 11.3 Å². The lowest BCUT2D eigenvalue weighted by atomic mass is 9.99. The molecule has 7 nitrogen and oxygen atoms in total. The number of benzene rings is 2. The summed E-state index contributed by atoms with van der Waals surface area (Å²) in [6, 6.07) is 19.5. The third-order valence-corrected chi connectivity index (χ3v) is 5.16. The van der Waals surface area contributed by atoms with Gasteiger partial charge in [-0.2, -0.15) is 15.5 Å². The maximum absolute atomic E-state index is 13.0. The van der Waals surface area contributed by atoms with E-state index in [-0.39, 0.29) is 22.6 Å². The molecule has 2 heterocycles. The second kappa shape index (κ2) is 7.42. The second-order valence-corrected chi connectivity index (χ2v) is 6.97. The van der Waals surface area contributed by atoms with Crippen LogP contribution in [-0.2, 0) is 0 Å². The van der Waals surface area contributed by atoms with Crippen LogP contribution in [0.1, 0.15) is 21.7 Å². The topological polar surface area (TPSA) is 113 Å². The summed E-state index contributed by atoms with van der Waals surface area (Å²) < 4.78 is 16.7. The number of Topliss-reactive ketones (excluding diaryl/α,β-unsaturated/α-hetero) is 1. The van der Waals surface area contributed by atoms with Gasteiger partial charge < -0.3 is 13.6 Å². The van der Waals surface area contributed by atoms with E-state index >= 15 is 0 Å². The van der Waals surface area contributed by atoms with Crippen molar-refractivity contribution in [1.29, 1.82) is 10.5 Å². The Labute approximate surface area is 182 Å². The van der Waals surface area contributed by atoms with Gasteiger partial charge in [0.05, 0.1) is 7.11 Å². The minimum absolute atomic E-state index is 0.135. The normalized spacial score (nSPS) is 13.8. The first-order valence-corrected chi connectivity index (χ1v) is 9.58. The Bertz CT molecular complexity index is 1490. The number of oxazole rings is 1. The van der Waals surface area contributed by atoms with Crippen LogP contribution in [0.15, 0.2) is 74.6 Å². The Kier molecular flexibility index (Phi) is 4.43. The number of carbonyl (C=O) groups is 1. The largest absolute Gasteiger partial charge is 0.497 e. The summed E-state index contributed by atoms with van der Waals surface area (Å²) in [4.78, 5) is 17.4. The summed E-state index contributed by atoms with van der Waals surface area (Å²) >= 11 is 0. The van der Waals surface area contributed by atoms with E-state index in [1.165, 1.54) is 6.08 Å². The molecular weight excluding hydrogens is 406 g/mol. The number of hydrogen-bond donors (Lipinski definition) is 0. The number of nitriles is 2. The number of fused-ring (bicyclic) bond motifs is 2. The minimum atomic E-state index is -0.279. The molecule has 2 aromatic carbocycles. The Balaban J connectivity index is 1.57. The molecule has 0 N–H and O–H groups in total. The Hall–Kier alpha value is -4.88. The smallest absolute Gasteiger partial charge is 0.266 e. The highest BCUT2D eigenvalue weighted by molar-refractivity contribution is 6.29. The Morgan fingerprint density at radius 3 is 2.41 bits per heavy atom. The van der Waals surface area contributed by atoms with Gasteiger partial charge in [-0.3, -0.25) is 4.79 Å². The molecule has 0 spiro atoms. The van der Waals surface area contributed by atoms with Gasteiger partial charge in [0.2, 0.25) is 5.89 Å². The highest BCUT2D eigenvalue weighted by Crippen LogP contribution is 2.40. The summed E-state index contributed by atoms with van der Waals surface area (Å²) in [7, 11) is 1.59. The van der Waals surface area contributed by atoms with Crippen LogP contribution >= 0.6 is 0 Å². The molecule has 0 bridgehead atoms. The highest BCUT2D eigenvalue weighted by atomic mass is 16.5. The summed E-state index contributed by atoms with van der Waals surface area (Å²) in [5.41, 5.74) is 2.82. The lowest BCUT2D eigenvalue weighted by Gasteiger charge is -2.00. The van der Waals surface area contributed by atoms with Gasteiger partial charge in [-0.1, -0.05) is 24.3 Å². The fraction of sp³-hybridized carbons (Fsp3) is 0.0400. The predicted molar refractivity (Wildman–Crippen MR) is 115 cm³/mol. The molecule has 152 valence electrons. The summed E-state index contributed by atoms with van der Waals surface area (Å²) in [5, 5.41) is 18.8. The first kappa shape index (κ1) is 19.1. The van der Waals surface area contributed by atoms with Gasteiger partial charge in [-0.05, 0) is 35.9 Å². The van der Waals surface area contributed by atoms with Crippen LogP contribution in [0, 0.1) is 22.7 Å². The van der Waals surface area contributed by atoms with E-state index in [1.807, 2.05) is 24.3 Å². The van der Waals surface area contributed by atoms with Crippen LogP contribution in [0.4, 0.5) is 0 Å². The van der Waals surface area contributed by atoms with Crippen LogP contribution in [0.5, 0.6) is 5.75 Å². The molecular formula is C25H13N3O4. The van der Waals surface area contributed by atoms with Gasteiger partial charge in [0.15, 0.2) is 11.4 Å². The van der Waals surface area contributed by atoms with E-state index in [4.69, 9.17) is 13.6 Å². The van der Waals surface area contributed by atoms with Gasteiger partial charge in [0, 0.05) is 28.3 Å². The second-order valence-electron chi connectivity index (χ2n) is 6.97. The van der Waals surface area contributed by atoms with E-state index in [0.29, 0.717) is 33.9 Å². The molecule has 0 aliphatic heterocycles.